The minimum Gasteiger partial charge on any atom is -0.358 e. The maximum atomic E-state index is 11.9. The first-order valence-electron chi connectivity index (χ1n) is 6.29. The summed E-state index contributed by atoms with van der Waals surface area (Å²) in [5, 5.41) is 28.5. The van der Waals surface area contributed by atoms with Gasteiger partial charge >= 0.3 is 11.5 Å². The fourth-order valence-corrected chi connectivity index (χ4v) is 1.87. The standard InChI is InChI=1S/C11H12N6O5/c1-8-5-10(17(21)22)13-15(8)11(18)3-2-4-14-7-9(6-12-14)16(19)20/h5-7H,2-4H2,1H3. The molecule has 2 rings (SSSR count). The van der Waals surface area contributed by atoms with E-state index in [0.29, 0.717) is 18.7 Å². The molecule has 0 aliphatic carbocycles. The van der Waals surface area contributed by atoms with Gasteiger partial charge in [-0.2, -0.15) is 5.10 Å². The van der Waals surface area contributed by atoms with Gasteiger partial charge in [-0.1, -0.05) is 0 Å². The monoisotopic (exact) mass is 308 g/mol. The molecule has 11 heteroatoms. The molecule has 0 fully saturated rings. The number of hydrogen-bond acceptors (Lipinski definition) is 7. The molecule has 0 atom stereocenters. The summed E-state index contributed by atoms with van der Waals surface area (Å²) in [6.45, 7) is 1.87. The molecule has 0 saturated carbocycles. The third-order valence-electron chi connectivity index (χ3n) is 2.91. The van der Waals surface area contributed by atoms with Crippen LogP contribution in [0.4, 0.5) is 11.5 Å². The lowest BCUT2D eigenvalue weighted by Crippen LogP contribution is -2.15. The first-order valence-corrected chi connectivity index (χ1v) is 6.29. The Bertz CT molecular complexity index is 733. The Labute approximate surface area is 123 Å². The summed E-state index contributed by atoms with van der Waals surface area (Å²) in [4.78, 5) is 31.8. The van der Waals surface area contributed by atoms with Crippen molar-refractivity contribution in [2.24, 2.45) is 0 Å². The molecule has 0 N–H and O–H groups in total. The molecule has 0 radical (unpaired) electrons. The Balaban J connectivity index is 1.92. The topological polar surface area (TPSA) is 139 Å². The molecule has 0 bridgehead atoms. The van der Waals surface area contributed by atoms with Crippen LogP contribution in [0.2, 0.25) is 0 Å². The quantitative estimate of drug-likeness (QED) is 0.579. The van der Waals surface area contributed by atoms with Crippen LogP contribution in [0.5, 0.6) is 0 Å². The van der Waals surface area contributed by atoms with Gasteiger partial charge in [0.2, 0.25) is 0 Å². The van der Waals surface area contributed by atoms with Gasteiger partial charge in [0.1, 0.15) is 12.4 Å². The summed E-state index contributed by atoms with van der Waals surface area (Å²) in [6.07, 6.45) is 2.87. The van der Waals surface area contributed by atoms with Gasteiger partial charge in [-0.3, -0.25) is 19.6 Å². The van der Waals surface area contributed by atoms with Crippen molar-refractivity contribution in [3.8, 4) is 0 Å². The zero-order valence-corrected chi connectivity index (χ0v) is 11.6. The third-order valence-corrected chi connectivity index (χ3v) is 2.91. The van der Waals surface area contributed by atoms with Gasteiger partial charge in [-0.05, 0) is 18.3 Å². The predicted octanol–water partition coefficient (Wildman–Crippen LogP) is 1.33. The summed E-state index contributed by atoms with van der Waals surface area (Å²) in [5.41, 5.74) is 0.260. The van der Waals surface area contributed by atoms with Crippen LogP contribution >= 0.6 is 0 Å². The smallest absolute Gasteiger partial charge is 0.358 e. The molecule has 2 aromatic heterocycles. The molecule has 11 nitrogen and oxygen atoms in total. The number of aromatic nitrogens is 4. The van der Waals surface area contributed by atoms with Crippen molar-refractivity contribution in [2.45, 2.75) is 26.3 Å². The molecule has 0 spiro atoms. The molecule has 116 valence electrons. The molecular weight excluding hydrogens is 296 g/mol. The fraction of sp³-hybridized carbons (Fsp3) is 0.364. The second-order valence-electron chi connectivity index (χ2n) is 4.53. The van der Waals surface area contributed by atoms with Crippen LogP contribution in [0.15, 0.2) is 18.5 Å². The highest BCUT2D eigenvalue weighted by Gasteiger charge is 2.20. The molecule has 0 aromatic carbocycles. The van der Waals surface area contributed by atoms with Crippen molar-refractivity contribution in [1.29, 1.82) is 0 Å². The first kappa shape index (κ1) is 15.3. The van der Waals surface area contributed by atoms with Crippen molar-refractivity contribution < 1.29 is 14.6 Å². The van der Waals surface area contributed by atoms with Gasteiger partial charge in [0.25, 0.3) is 5.91 Å². The van der Waals surface area contributed by atoms with Gasteiger partial charge < -0.3 is 10.1 Å². The molecule has 2 aromatic rings. The highest BCUT2D eigenvalue weighted by molar-refractivity contribution is 5.78. The Morgan fingerprint density at radius 3 is 2.59 bits per heavy atom. The summed E-state index contributed by atoms with van der Waals surface area (Å²) in [5.74, 6) is -0.763. The van der Waals surface area contributed by atoms with Crippen LogP contribution in [-0.4, -0.2) is 35.3 Å². The highest BCUT2D eigenvalue weighted by atomic mass is 16.6. The number of carbonyl (C=O) groups is 1. The fourth-order valence-electron chi connectivity index (χ4n) is 1.87. The zero-order chi connectivity index (χ0) is 16.3. The van der Waals surface area contributed by atoms with E-state index in [-0.39, 0.29) is 23.8 Å². The largest absolute Gasteiger partial charge is 0.390 e. The number of aryl methyl sites for hydroxylation is 2. The maximum Gasteiger partial charge on any atom is 0.390 e. The predicted molar refractivity (Wildman–Crippen MR) is 72.4 cm³/mol. The highest BCUT2D eigenvalue weighted by Crippen LogP contribution is 2.12. The van der Waals surface area contributed by atoms with Gasteiger partial charge in [0.15, 0.2) is 0 Å². The Morgan fingerprint density at radius 1 is 1.32 bits per heavy atom. The van der Waals surface area contributed by atoms with E-state index < -0.39 is 9.85 Å². The van der Waals surface area contributed by atoms with Crippen molar-refractivity contribution >= 4 is 17.4 Å². The van der Waals surface area contributed by atoms with Gasteiger partial charge in [0.05, 0.1) is 21.8 Å². The van der Waals surface area contributed by atoms with E-state index in [9.17, 15) is 25.0 Å². The normalized spacial score (nSPS) is 10.6. The third kappa shape index (κ3) is 3.31. The number of rotatable bonds is 6. The average Bonchev–Trinajstić information content (AvgIpc) is 3.05. The minimum atomic E-state index is -0.667. The lowest BCUT2D eigenvalue weighted by atomic mass is 10.3. The van der Waals surface area contributed by atoms with Crippen LogP contribution in [0.3, 0.4) is 0 Å². The number of nitro groups is 2. The SMILES string of the molecule is Cc1cc([N+](=O)[O-])nn1C(=O)CCCn1cc([N+](=O)[O-])cn1. The van der Waals surface area contributed by atoms with Gasteiger partial charge in [-0.25, -0.2) is 0 Å². The molecule has 0 unspecified atom stereocenters. The lowest BCUT2D eigenvalue weighted by Gasteiger charge is -2.00. The lowest BCUT2D eigenvalue weighted by molar-refractivity contribution is -0.389. The van der Waals surface area contributed by atoms with Crippen LogP contribution in [-0.2, 0) is 6.54 Å². The van der Waals surface area contributed by atoms with E-state index in [1.165, 1.54) is 16.9 Å². The van der Waals surface area contributed by atoms with E-state index >= 15 is 0 Å². The Kier molecular flexibility index (Phi) is 4.25. The first-order chi connectivity index (χ1) is 10.4. The second kappa shape index (κ2) is 6.11. The average molecular weight is 308 g/mol. The number of nitrogens with zero attached hydrogens (tertiary/aromatic N) is 6. The molecule has 0 amide bonds. The summed E-state index contributed by atoms with van der Waals surface area (Å²) >= 11 is 0. The van der Waals surface area contributed by atoms with Crippen molar-refractivity contribution in [3.63, 3.8) is 0 Å². The minimum absolute atomic E-state index is 0.0906. The molecule has 0 aliphatic rings. The number of carbonyl (C=O) groups excluding carboxylic acids is 1. The number of hydrogen-bond donors (Lipinski definition) is 0. The van der Waals surface area contributed by atoms with Crippen LogP contribution in [0, 0.1) is 27.2 Å². The van der Waals surface area contributed by atoms with Crippen molar-refractivity contribution in [1.82, 2.24) is 19.6 Å². The van der Waals surface area contributed by atoms with Crippen molar-refractivity contribution in [2.75, 3.05) is 0 Å². The summed E-state index contributed by atoms with van der Waals surface area (Å²) < 4.78 is 2.35. The van der Waals surface area contributed by atoms with Crippen LogP contribution in [0.25, 0.3) is 0 Å². The van der Waals surface area contributed by atoms with E-state index in [0.717, 1.165) is 10.9 Å². The van der Waals surface area contributed by atoms with Crippen LogP contribution in [0.1, 0.15) is 23.3 Å². The molecule has 0 aliphatic heterocycles. The molecule has 0 saturated heterocycles. The Hall–Kier alpha value is -3.11. The maximum absolute atomic E-state index is 11.9. The summed E-state index contributed by atoms with van der Waals surface area (Å²) in [7, 11) is 0. The van der Waals surface area contributed by atoms with Gasteiger partial charge in [-0.15, -0.1) is 4.68 Å². The van der Waals surface area contributed by atoms with Gasteiger partial charge in [0, 0.05) is 13.0 Å². The van der Waals surface area contributed by atoms with E-state index in [1.54, 1.807) is 6.92 Å². The van der Waals surface area contributed by atoms with E-state index in [1.807, 2.05) is 0 Å². The van der Waals surface area contributed by atoms with E-state index in [4.69, 9.17) is 0 Å². The molecule has 2 heterocycles. The second-order valence-corrected chi connectivity index (χ2v) is 4.53. The molecule has 22 heavy (non-hydrogen) atoms. The van der Waals surface area contributed by atoms with Crippen LogP contribution < -0.4 is 0 Å². The zero-order valence-electron chi connectivity index (χ0n) is 11.6. The van der Waals surface area contributed by atoms with Crippen molar-refractivity contribution in [3.05, 3.63) is 44.4 Å². The Morgan fingerprint density at radius 2 is 2.05 bits per heavy atom. The molecular formula is C11H12N6O5. The summed E-state index contributed by atoms with van der Waals surface area (Å²) in [6, 6.07) is 1.22. The van der Waals surface area contributed by atoms with E-state index in [2.05, 4.69) is 10.2 Å².